The average Bonchev–Trinajstić information content (AvgIpc) is 2.55. The first-order chi connectivity index (χ1) is 11.1. The first kappa shape index (κ1) is 16.5. The number of carbonyl (C=O) groups excluding carboxylic acids is 2. The van der Waals surface area contributed by atoms with Crippen LogP contribution in [0.1, 0.15) is 11.1 Å². The van der Waals surface area contributed by atoms with Crippen molar-refractivity contribution in [3.8, 4) is 0 Å². The molecule has 0 saturated heterocycles. The van der Waals surface area contributed by atoms with Crippen molar-refractivity contribution in [3.05, 3.63) is 53.7 Å². The zero-order chi connectivity index (χ0) is 16.7. The molecule has 0 fully saturated rings. The Morgan fingerprint density at radius 2 is 1.87 bits per heavy atom. The number of carbonyl (C=O) groups is 2. The highest BCUT2D eigenvalue weighted by Crippen LogP contribution is 2.15. The van der Waals surface area contributed by atoms with Crippen molar-refractivity contribution in [1.29, 1.82) is 0 Å². The first-order valence-corrected chi connectivity index (χ1v) is 7.37. The summed E-state index contributed by atoms with van der Waals surface area (Å²) in [6.07, 6.45) is 1.68. The normalized spacial score (nSPS) is 10.0. The molecule has 0 aliphatic rings. The maximum absolute atomic E-state index is 11.9. The minimum atomic E-state index is -0.671. The molecule has 0 spiro atoms. The quantitative estimate of drug-likeness (QED) is 0.581. The second kappa shape index (κ2) is 7.93. The smallest absolute Gasteiger partial charge is 0.313 e. The lowest BCUT2D eigenvalue weighted by Crippen LogP contribution is -2.37. The predicted molar refractivity (Wildman–Crippen MR) is 90.3 cm³/mol. The number of nitrogens with one attached hydrogen (secondary N) is 3. The van der Waals surface area contributed by atoms with Crippen LogP contribution in [-0.2, 0) is 9.59 Å². The second-order valence-corrected chi connectivity index (χ2v) is 5.17. The molecule has 1 aromatic heterocycles. The van der Waals surface area contributed by atoms with Gasteiger partial charge >= 0.3 is 11.8 Å². The fourth-order valence-electron chi connectivity index (χ4n) is 2.05. The van der Waals surface area contributed by atoms with E-state index in [1.54, 1.807) is 12.3 Å². The minimum absolute atomic E-state index is 0.329. The fourth-order valence-corrected chi connectivity index (χ4v) is 2.05. The molecule has 0 aliphatic carbocycles. The molecule has 1 heterocycles. The number of nitrogens with zero attached hydrogens (tertiary/aromatic N) is 1. The molecule has 2 rings (SSSR count). The zero-order valence-electron chi connectivity index (χ0n) is 13.2. The standard InChI is InChI=1S/C17H20N4O2/c1-12-6-7-14(13(2)11-12)21-17(23)16(22)20-10-9-19-15-5-3-4-8-18-15/h3-8,11H,9-10H2,1-2H3,(H,18,19)(H,20,22)(H,21,23). The first-order valence-electron chi connectivity index (χ1n) is 7.37. The van der Waals surface area contributed by atoms with Gasteiger partial charge in [-0.25, -0.2) is 4.98 Å². The Hall–Kier alpha value is -2.89. The van der Waals surface area contributed by atoms with Gasteiger partial charge in [-0.15, -0.1) is 0 Å². The lowest BCUT2D eigenvalue weighted by Gasteiger charge is -2.10. The summed E-state index contributed by atoms with van der Waals surface area (Å²) in [5.74, 6) is -0.607. The Morgan fingerprint density at radius 3 is 2.57 bits per heavy atom. The van der Waals surface area contributed by atoms with Crippen LogP contribution in [0.5, 0.6) is 0 Å². The summed E-state index contributed by atoms with van der Waals surface area (Å²) in [5.41, 5.74) is 2.66. The highest BCUT2D eigenvalue weighted by Gasteiger charge is 2.13. The Balaban J connectivity index is 1.75. The number of aryl methyl sites for hydroxylation is 2. The van der Waals surface area contributed by atoms with Crippen molar-refractivity contribution >= 4 is 23.3 Å². The molecule has 0 bridgehead atoms. The van der Waals surface area contributed by atoms with Crippen LogP contribution < -0.4 is 16.0 Å². The van der Waals surface area contributed by atoms with E-state index < -0.39 is 11.8 Å². The molecule has 1 aromatic carbocycles. The number of rotatable bonds is 5. The number of hydrogen-bond acceptors (Lipinski definition) is 4. The molecule has 120 valence electrons. The monoisotopic (exact) mass is 312 g/mol. The van der Waals surface area contributed by atoms with E-state index >= 15 is 0 Å². The third-order valence-electron chi connectivity index (χ3n) is 3.22. The van der Waals surface area contributed by atoms with Crippen LogP contribution in [0.2, 0.25) is 0 Å². The van der Waals surface area contributed by atoms with Crippen molar-refractivity contribution in [3.63, 3.8) is 0 Å². The number of pyridine rings is 1. The SMILES string of the molecule is Cc1ccc(NC(=O)C(=O)NCCNc2ccccn2)c(C)c1. The van der Waals surface area contributed by atoms with Crippen LogP contribution in [0.3, 0.4) is 0 Å². The molecule has 2 amide bonds. The molecule has 0 atom stereocenters. The highest BCUT2D eigenvalue weighted by atomic mass is 16.2. The van der Waals surface area contributed by atoms with E-state index in [2.05, 4.69) is 20.9 Å². The fraction of sp³-hybridized carbons (Fsp3) is 0.235. The Bertz CT molecular complexity index is 686. The summed E-state index contributed by atoms with van der Waals surface area (Å²) in [6.45, 7) is 4.67. The lowest BCUT2D eigenvalue weighted by molar-refractivity contribution is -0.136. The van der Waals surface area contributed by atoms with Crippen molar-refractivity contribution < 1.29 is 9.59 Å². The maximum atomic E-state index is 11.9. The van der Waals surface area contributed by atoms with Crippen molar-refractivity contribution in [2.24, 2.45) is 0 Å². The van der Waals surface area contributed by atoms with Gasteiger partial charge in [0.1, 0.15) is 5.82 Å². The summed E-state index contributed by atoms with van der Waals surface area (Å²) in [6, 6.07) is 11.1. The highest BCUT2D eigenvalue weighted by molar-refractivity contribution is 6.39. The third-order valence-corrected chi connectivity index (χ3v) is 3.22. The van der Waals surface area contributed by atoms with Gasteiger partial charge in [-0.2, -0.15) is 0 Å². The van der Waals surface area contributed by atoms with Crippen LogP contribution in [0, 0.1) is 13.8 Å². The van der Waals surface area contributed by atoms with E-state index in [-0.39, 0.29) is 0 Å². The number of amides is 2. The Labute approximate surface area is 135 Å². The van der Waals surface area contributed by atoms with E-state index in [0.29, 0.717) is 18.8 Å². The van der Waals surface area contributed by atoms with Crippen molar-refractivity contribution in [2.75, 3.05) is 23.7 Å². The van der Waals surface area contributed by atoms with Gasteiger partial charge in [0.15, 0.2) is 0 Å². The van der Waals surface area contributed by atoms with Gasteiger partial charge in [0, 0.05) is 25.0 Å². The number of aromatic nitrogens is 1. The number of anilines is 2. The predicted octanol–water partition coefficient (Wildman–Crippen LogP) is 1.87. The summed E-state index contributed by atoms with van der Waals surface area (Å²) < 4.78 is 0. The number of benzene rings is 1. The molecule has 6 heteroatoms. The van der Waals surface area contributed by atoms with E-state index in [4.69, 9.17) is 0 Å². The topological polar surface area (TPSA) is 83.1 Å². The molecule has 0 aliphatic heterocycles. The third kappa shape index (κ3) is 5.10. The van der Waals surface area contributed by atoms with Crippen LogP contribution in [-0.4, -0.2) is 29.9 Å². The molecule has 0 radical (unpaired) electrons. The molecule has 3 N–H and O–H groups in total. The molecule has 0 saturated carbocycles. The second-order valence-electron chi connectivity index (χ2n) is 5.17. The van der Waals surface area contributed by atoms with Gasteiger partial charge < -0.3 is 16.0 Å². The van der Waals surface area contributed by atoms with Crippen LogP contribution in [0.25, 0.3) is 0 Å². The van der Waals surface area contributed by atoms with Gasteiger partial charge in [-0.1, -0.05) is 23.8 Å². The van der Waals surface area contributed by atoms with E-state index in [0.717, 1.165) is 16.9 Å². The van der Waals surface area contributed by atoms with Crippen LogP contribution >= 0.6 is 0 Å². The maximum Gasteiger partial charge on any atom is 0.313 e. The van der Waals surface area contributed by atoms with Gasteiger partial charge in [-0.3, -0.25) is 9.59 Å². The summed E-state index contributed by atoms with van der Waals surface area (Å²) in [5, 5.41) is 8.22. The van der Waals surface area contributed by atoms with Crippen molar-refractivity contribution in [1.82, 2.24) is 10.3 Å². The molecular formula is C17H20N4O2. The molecule has 0 unspecified atom stereocenters. The minimum Gasteiger partial charge on any atom is -0.368 e. The van der Waals surface area contributed by atoms with Gasteiger partial charge in [-0.05, 0) is 37.6 Å². The summed E-state index contributed by atoms with van der Waals surface area (Å²) in [4.78, 5) is 27.7. The molecule has 23 heavy (non-hydrogen) atoms. The van der Waals surface area contributed by atoms with Crippen LogP contribution in [0.4, 0.5) is 11.5 Å². The van der Waals surface area contributed by atoms with Crippen molar-refractivity contribution in [2.45, 2.75) is 13.8 Å². The Kier molecular flexibility index (Phi) is 5.68. The van der Waals surface area contributed by atoms with Gasteiger partial charge in [0.25, 0.3) is 0 Å². The average molecular weight is 312 g/mol. The van der Waals surface area contributed by atoms with Gasteiger partial charge in [0.2, 0.25) is 0 Å². The zero-order valence-corrected chi connectivity index (χ0v) is 13.2. The Morgan fingerprint density at radius 1 is 1.04 bits per heavy atom. The van der Waals surface area contributed by atoms with Gasteiger partial charge in [0.05, 0.1) is 0 Å². The van der Waals surface area contributed by atoms with Crippen LogP contribution in [0.15, 0.2) is 42.6 Å². The summed E-state index contributed by atoms with van der Waals surface area (Å²) in [7, 11) is 0. The molecule has 2 aromatic rings. The van der Waals surface area contributed by atoms with E-state index in [9.17, 15) is 9.59 Å². The lowest BCUT2D eigenvalue weighted by atomic mass is 10.1. The number of hydrogen-bond donors (Lipinski definition) is 3. The van der Waals surface area contributed by atoms with E-state index in [1.807, 2.05) is 44.2 Å². The molecular weight excluding hydrogens is 292 g/mol. The summed E-state index contributed by atoms with van der Waals surface area (Å²) >= 11 is 0. The van der Waals surface area contributed by atoms with E-state index in [1.165, 1.54) is 0 Å². The largest absolute Gasteiger partial charge is 0.368 e. The molecule has 6 nitrogen and oxygen atoms in total.